The van der Waals surface area contributed by atoms with E-state index in [1.807, 2.05) is 6.92 Å². The monoisotopic (exact) mass is 396 g/mol. The maximum absolute atomic E-state index is 12.3. The normalized spacial score (nSPS) is 10.6. The zero-order valence-electron chi connectivity index (χ0n) is 12.9. The molecule has 1 aromatic carbocycles. The second kappa shape index (κ2) is 8.31. The highest BCUT2D eigenvalue weighted by Crippen LogP contribution is 2.26. The maximum Gasteiger partial charge on any atom is 0.251 e. The summed E-state index contributed by atoms with van der Waals surface area (Å²) in [4.78, 5) is 30.9. The van der Waals surface area contributed by atoms with Crippen LogP contribution < -0.4 is 10.3 Å². The first-order valence-corrected chi connectivity index (χ1v) is 8.91. The van der Waals surface area contributed by atoms with Gasteiger partial charge in [-0.05, 0) is 40.5 Å². The topological polar surface area (TPSA) is 72.0 Å². The van der Waals surface area contributed by atoms with Crippen molar-refractivity contribution in [1.82, 2.24) is 9.97 Å². The third-order valence-electron chi connectivity index (χ3n) is 3.09. The van der Waals surface area contributed by atoms with E-state index < -0.39 is 0 Å². The first kappa shape index (κ1) is 17.7. The molecule has 7 heteroatoms. The molecule has 2 rings (SSSR count). The van der Waals surface area contributed by atoms with Gasteiger partial charge in [-0.15, -0.1) is 0 Å². The van der Waals surface area contributed by atoms with Crippen molar-refractivity contribution in [2.45, 2.75) is 24.9 Å². The number of ether oxygens (including phenoxy) is 1. The number of rotatable bonds is 7. The number of methoxy groups -OCH3 is 1. The lowest BCUT2D eigenvalue weighted by Gasteiger charge is -2.06. The molecule has 0 aliphatic rings. The molecule has 0 bridgehead atoms. The van der Waals surface area contributed by atoms with Crippen LogP contribution in [-0.2, 0) is 6.42 Å². The van der Waals surface area contributed by atoms with E-state index in [1.54, 1.807) is 25.3 Å². The van der Waals surface area contributed by atoms with Gasteiger partial charge in [-0.2, -0.15) is 0 Å². The van der Waals surface area contributed by atoms with E-state index in [1.165, 1.54) is 17.8 Å². The molecule has 0 spiro atoms. The summed E-state index contributed by atoms with van der Waals surface area (Å²) in [6.07, 6.45) is 1.66. The van der Waals surface area contributed by atoms with Crippen molar-refractivity contribution in [2.24, 2.45) is 0 Å². The van der Waals surface area contributed by atoms with Gasteiger partial charge in [0.25, 0.3) is 5.56 Å². The van der Waals surface area contributed by atoms with Crippen LogP contribution in [0.4, 0.5) is 0 Å². The van der Waals surface area contributed by atoms with Crippen molar-refractivity contribution in [3.05, 3.63) is 50.3 Å². The smallest absolute Gasteiger partial charge is 0.251 e. The van der Waals surface area contributed by atoms with Gasteiger partial charge in [-0.3, -0.25) is 9.59 Å². The Morgan fingerprint density at radius 2 is 2.17 bits per heavy atom. The molecule has 0 fully saturated rings. The van der Waals surface area contributed by atoms with Gasteiger partial charge in [-0.1, -0.05) is 25.1 Å². The SMILES string of the molecule is CCCc1cc(=O)[nH]c(SCC(=O)c2ccc(OC)c(Br)c2)n1. The van der Waals surface area contributed by atoms with Gasteiger partial charge in [-0.25, -0.2) is 4.98 Å². The summed E-state index contributed by atoms with van der Waals surface area (Å²) in [6.45, 7) is 2.03. The number of carbonyl (C=O) groups is 1. The summed E-state index contributed by atoms with van der Waals surface area (Å²) in [5.41, 5.74) is 1.14. The van der Waals surface area contributed by atoms with E-state index >= 15 is 0 Å². The summed E-state index contributed by atoms with van der Waals surface area (Å²) in [6, 6.07) is 6.68. The Balaban J connectivity index is 2.07. The minimum atomic E-state index is -0.189. The lowest BCUT2D eigenvalue weighted by molar-refractivity contribution is 0.102. The first-order chi connectivity index (χ1) is 11.0. The quantitative estimate of drug-likeness (QED) is 0.440. The number of Topliss-reactive ketones (excluding diaryl/α,β-unsaturated/α-hetero) is 1. The number of H-pyrrole nitrogens is 1. The molecule has 0 atom stereocenters. The molecule has 0 saturated heterocycles. The number of benzene rings is 1. The number of carbonyl (C=O) groups excluding carboxylic acids is 1. The molecule has 0 saturated carbocycles. The number of halogens is 1. The number of hydrogen-bond acceptors (Lipinski definition) is 5. The highest BCUT2D eigenvalue weighted by atomic mass is 79.9. The molecular weight excluding hydrogens is 380 g/mol. The van der Waals surface area contributed by atoms with Crippen LogP contribution >= 0.6 is 27.7 Å². The van der Waals surface area contributed by atoms with Crippen LogP contribution in [0, 0.1) is 0 Å². The van der Waals surface area contributed by atoms with Crippen LogP contribution in [0.3, 0.4) is 0 Å². The highest BCUT2D eigenvalue weighted by molar-refractivity contribution is 9.10. The molecule has 0 aliphatic heterocycles. The fraction of sp³-hybridized carbons (Fsp3) is 0.312. The number of hydrogen-bond donors (Lipinski definition) is 1. The zero-order chi connectivity index (χ0) is 16.8. The Labute approximate surface area is 147 Å². The third kappa shape index (κ3) is 4.94. The van der Waals surface area contributed by atoms with Crippen molar-refractivity contribution in [3.63, 3.8) is 0 Å². The first-order valence-electron chi connectivity index (χ1n) is 7.13. The summed E-state index contributed by atoms with van der Waals surface area (Å²) >= 11 is 4.59. The standard InChI is InChI=1S/C16H17BrN2O3S/c1-3-4-11-8-15(21)19-16(18-11)23-9-13(20)10-5-6-14(22-2)12(17)7-10/h5-8H,3-4,9H2,1-2H3,(H,18,19,21). The third-order valence-corrected chi connectivity index (χ3v) is 4.59. The van der Waals surface area contributed by atoms with E-state index in [4.69, 9.17) is 4.74 Å². The van der Waals surface area contributed by atoms with E-state index in [0.717, 1.165) is 23.0 Å². The predicted molar refractivity (Wildman–Crippen MR) is 94.6 cm³/mol. The molecule has 0 radical (unpaired) electrons. The van der Waals surface area contributed by atoms with Gasteiger partial charge in [0.1, 0.15) is 5.75 Å². The van der Waals surface area contributed by atoms with Crippen LogP contribution in [0.2, 0.25) is 0 Å². The number of aromatic amines is 1. The van der Waals surface area contributed by atoms with Gasteiger partial charge in [0, 0.05) is 17.3 Å². The molecule has 0 amide bonds. The lowest BCUT2D eigenvalue weighted by atomic mass is 10.1. The lowest BCUT2D eigenvalue weighted by Crippen LogP contribution is -2.11. The number of aromatic nitrogens is 2. The van der Waals surface area contributed by atoms with Crippen molar-refractivity contribution in [2.75, 3.05) is 12.9 Å². The number of ketones is 1. The molecular formula is C16H17BrN2O3S. The molecule has 122 valence electrons. The van der Waals surface area contributed by atoms with E-state index in [0.29, 0.717) is 16.5 Å². The molecule has 1 aromatic heterocycles. The van der Waals surface area contributed by atoms with Crippen LogP contribution in [0.25, 0.3) is 0 Å². The highest BCUT2D eigenvalue weighted by Gasteiger charge is 2.11. The maximum atomic E-state index is 12.3. The fourth-order valence-electron chi connectivity index (χ4n) is 1.99. The van der Waals surface area contributed by atoms with Crippen molar-refractivity contribution >= 4 is 33.5 Å². The number of thioether (sulfide) groups is 1. The van der Waals surface area contributed by atoms with Crippen molar-refractivity contribution < 1.29 is 9.53 Å². The van der Waals surface area contributed by atoms with Crippen molar-refractivity contribution in [3.8, 4) is 5.75 Å². The van der Waals surface area contributed by atoms with Crippen molar-refractivity contribution in [1.29, 1.82) is 0 Å². The average Bonchev–Trinajstić information content (AvgIpc) is 2.52. The van der Waals surface area contributed by atoms with E-state index in [-0.39, 0.29) is 17.1 Å². The fourth-order valence-corrected chi connectivity index (χ4v) is 3.32. The van der Waals surface area contributed by atoms with Crippen LogP contribution in [0.15, 0.2) is 38.7 Å². The Bertz CT molecular complexity index is 761. The van der Waals surface area contributed by atoms with Gasteiger partial charge in [0.15, 0.2) is 10.9 Å². The number of aryl methyl sites for hydroxylation is 1. The van der Waals surface area contributed by atoms with Gasteiger partial charge >= 0.3 is 0 Å². The van der Waals surface area contributed by atoms with Crippen LogP contribution in [0.1, 0.15) is 29.4 Å². The zero-order valence-corrected chi connectivity index (χ0v) is 15.3. The van der Waals surface area contributed by atoms with Crippen LogP contribution in [-0.4, -0.2) is 28.6 Å². The Hall–Kier alpha value is -1.60. The second-order valence-electron chi connectivity index (χ2n) is 4.85. The number of nitrogens with one attached hydrogen (secondary N) is 1. The van der Waals surface area contributed by atoms with Gasteiger partial charge < -0.3 is 9.72 Å². The molecule has 5 nitrogen and oxygen atoms in total. The minimum absolute atomic E-state index is 0.0399. The Morgan fingerprint density at radius 1 is 1.39 bits per heavy atom. The summed E-state index contributed by atoms with van der Waals surface area (Å²) in [5, 5.41) is 0.474. The molecule has 1 N–H and O–H groups in total. The molecule has 2 aromatic rings. The predicted octanol–water partition coefficient (Wildman–Crippen LogP) is 3.47. The second-order valence-corrected chi connectivity index (χ2v) is 6.67. The summed E-state index contributed by atoms with van der Waals surface area (Å²) < 4.78 is 5.87. The Morgan fingerprint density at radius 3 is 2.83 bits per heavy atom. The molecule has 1 heterocycles. The number of nitrogens with zero attached hydrogens (tertiary/aromatic N) is 1. The average molecular weight is 397 g/mol. The van der Waals surface area contributed by atoms with E-state index in [2.05, 4.69) is 25.9 Å². The molecule has 0 unspecified atom stereocenters. The molecule has 23 heavy (non-hydrogen) atoms. The van der Waals surface area contributed by atoms with E-state index in [9.17, 15) is 9.59 Å². The Kier molecular flexibility index (Phi) is 6.41. The molecule has 0 aliphatic carbocycles. The van der Waals surface area contributed by atoms with Gasteiger partial charge in [0.2, 0.25) is 0 Å². The summed E-state index contributed by atoms with van der Waals surface area (Å²) in [7, 11) is 1.57. The minimum Gasteiger partial charge on any atom is -0.496 e. The largest absolute Gasteiger partial charge is 0.496 e. The van der Waals surface area contributed by atoms with Gasteiger partial charge in [0.05, 0.1) is 17.3 Å². The van der Waals surface area contributed by atoms with Crippen LogP contribution in [0.5, 0.6) is 5.75 Å². The summed E-state index contributed by atoms with van der Waals surface area (Å²) in [5.74, 6) is 0.839.